The molecule has 1 unspecified atom stereocenters. The molecule has 1 atom stereocenters. The maximum absolute atomic E-state index is 12.5. The number of carbonyl (C=O) groups excluding carboxylic acids is 3. The van der Waals surface area contributed by atoms with Gasteiger partial charge in [-0.3, -0.25) is 19.2 Å². The zero-order chi connectivity index (χ0) is 21.9. The standard InChI is InChI=1S/C21H21FN2O6/c22-11-17(25)16(10-21(28)29)24-19(26)12-23-20(27)13-30-18-9-5-4-8-15(18)14-6-2-1-3-7-14/h1-9,16H,10-13H2,(H,23,27)(H,24,26)(H,28,29). The van der Waals surface area contributed by atoms with Crippen LogP contribution in [0.15, 0.2) is 54.6 Å². The molecule has 0 aliphatic carbocycles. The number of carboxylic acid groups (broad SMARTS) is 1. The molecule has 30 heavy (non-hydrogen) atoms. The fourth-order valence-corrected chi connectivity index (χ4v) is 2.58. The van der Waals surface area contributed by atoms with E-state index in [0.29, 0.717) is 5.75 Å². The average Bonchev–Trinajstić information content (AvgIpc) is 2.75. The number of halogens is 1. The molecule has 3 N–H and O–H groups in total. The zero-order valence-corrected chi connectivity index (χ0v) is 16.0. The number of amides is 2. The number of ether oxygens (including phenoxy) is 1. The third-order valence-corrected chi connectivity index (χ3v) is 4.01. The second-order valence-corrected chi connectivity index (χ2v) is 6.25. The third-order valence-electron chi connectivity index (χ3n) is 4.01. The topological polar surface area (TPSA) is 122 Å². The van der Waals surface area contributed by atoms with Gasteiger partial charge in [0.05, 0.1) is 13.0 Å². The molecule has 2 aromatic rings. The van der Waals surface area contributed by atoms with Crippen molar-refractivity contribution in [1.29, 1.82) is 0 Å². The van der Waals surface area contributed by atoms with Gasteiger partial charge in [0.1, 0.15) is 18.5 Å². The number of hydrogen-bond acceptors (Lipinski definition) is 5. The number of hydrogen-bond donors (Lipinski definition) is 3. The summed E-state index contributed by atoms with van der Waals surface area (Å²) in [5.74, 6) is -3.35. The number of benzene rings is 2. The Labute approximate surface area is 172 Å². The number of alkyl halides is 1. The second-order valence-electron chi connectivity index (χ2n) is 6.25. The van der Waals surface area contributed by atoms with Gasteiger partial charge in [-0.05, 0) is 11.6 Å². The van der Waals surface area contributed by atoms with Gasteiger partial charge < -0.3 is 20.5 Å². The monoisotopic (exact) mass is 416 g/mol. The van der Waals surface area contributed by atoms with Crippen LogP contribution < -0.4 is 15.4 Å². The van der Waals surface area contributed by atoms with E-state index in [1.807, 2.05) is 42.5 Å². The number of carboxylic acids is 1. The van der Waals surface area contributed by atoms with E-state index >= 15 is 0 Å². The molecule has 2 rings (SSSR count). The molecular formula is C21H21FN2O6. The summed E-state index contributed by atoms with van der Waals surface area (Å²) in [6, 6.07) is 15.1. The SMILES string of the molecule is O=C(O)CC(NC(=O)CNC(=O)COc1ccccc1-c1ccccc1)C(=O)CF. The fourth-order valence-electron chi connectivity index (χ4n) is 2.58. The van der Waals surface area contributed by atoms with Crippen LogP contribution in [-0.2, 0) is 19.2 Å². The lowest BCUT2D eigenvalue weighted by Crippen LogP contribution is -2.47. The van der Waals surface area contributed by atoms with Crippen molar-refractivity contribution in [3.63, 3.8) is 0 Å². The molecule has 0 radical (unpaired) electrons. The summed E-state index contributed by atoms with van der Waals surface area (Å²) >= 11 is 0. The molecule has 2 aromatic carbocycles. The number of ketones is 1. The molecule has 0 saturated carbocycles. The lowest BCUT2D eigenvalue weighted by molar-refractivity contribution is -0.140. The van der Waals surface area contributed by atoms with Crippen LogP contribution in [0.1, 0.15) is 6.42 Å². The van der Waals surface area contributed by atoms with E-state index in [1.165, 1.54) is 0 Å². The van der Waals surface area contributed by atoms with Crippen molar-refractivity contribution in [1.82, 2.24) is 10.6 Å². The van der Waals surface area contributed by atoms with Crippen molar-refractivity contribution in [2.75, 3.05) is 19.8 Å². The maximum atomic E-state index is 12.5. The predicted octanol–water partition coefficient (Wildman–Crippen LogP) is 1.35. The van der Waals surface area contributed by atoms with Crippen molar-refractivity contribution in [3.8, 4) is 16.9 Å². The number of carbonyl (C=O) groups is 4. The van der Waals surface area contributed by atoms with E-state index in [9.17, 15) is 23.6 Å². The van der Waals surface area contributed by atoms with Crippen LogP contribution in [0.3, 0.4) is 0 Å². The van der Waals surface area contributed by atoms with Crippen LogP contribution in [-0.4, -0.2) is 54.5 Å². The maximum Gasteiger partial charge on any atom is 0.305 e. The third kappa shape index (κ3) is 7.01. The normalized spacial score (nSPS) is 11.2. The molecule has 2 amide bonds. The van der Waals surface area contributed by atoms with Crippen molar-refractivity contribution in [3.05, 3.63) is 54.6 Å². The Hall–Kier alpha value is -3.75. The molecule has 8 nitrogen and oxygen atoms in total. The Morgan fingerprint density at radius 2 is 1.63 bits per heavy atom. The summed E-state index contributed by atoms with van der Waals surface area (Å²) in [6.45, 7) is -2.28. The number of aliphatic carboxylic acids is 1. The molecule has 0 bridgehead atoms. The van der Waals surface area contributed by atoms with Gasteiger partial charge >= 0.3 is 5.97 Å². The minimum absolute atomic E-state index is 0.362. The number of para-hydroxylation sites is 1. The summed E-state index contributed by atoms with van der Waals surface area (Å²) in [4.78, 5) is 45.9. The van der Waals surface area contributed by atoms with Gasteiger partial charge in [0.25, 0.3) is 5.91 Å². The zero-order valence-electron chi connectivity index (χ0n) is 16.0. The Morgan fingerprint density at radius 3 is 2.30 bits per heavy atom. The quantitative estimate of drug-likeness (QED) is 0.508. The lowest BCUT2D eigenvalue weighted by Gasteiger charge is -2.15. The van der Waals surface area contributed by atoms with Crippen LogP contribution in [0, 0.1) is 0 Å². The number of rotatable bonds is 11. The first-order valence-corrected chi connectivity index (χ1v) is 9.04. The number of Topliss-reactive ketones (excluding diaryl/α,β-unsaturated/α-hetero) is 1. The van der Waals surface area contributed by atoms with Crippen LogP contribution in [0.4, 0.5) is 4.39 Å². The van der Waals surface area contributed by atoms with Gasteiger partial charge in [-0.1, -0.05) is 48.5 Å². The molecule has 9 heteroatoms. The molecule has 0 aliphatic rings. The summed E-state index contributed by atoms with van der Waals surface area (Å²) < 4.78 is 18.0. The minimum Gasteiger partial charge on any atom is -0.483 e. The minimum atomic E-state index is -1.49. The molecule has 0 fully saturated rings. The van der Waals surface area contributed by atoms with Gasteiger partial charge in [0.2, 0.25) is 5.91 Å². The van der Waals surface area contributed by atoms with Crippen molar-refractivity contribution < 1.29 is 33.4 Å². The van der Waals surface area contributed by atoms with Gasteiger partial charge in [-0.25, -0.2) is 4.39 Å². The molecule has 158 valence electrons. The summed E-state index contributed by atoms with van der Waals surface area (Å²) in [5, 5.41) is 13.1. The van der Waals surface area contributed by atoms with Gasteiger partial charge in [0.15, 0.2) is 12.4 Å². The Kier molecular flexibility index (Phi) is 8.49. The van der Waals surface area contributed by atoms with Gasteiger partial charge in [-0.2, -0.15) is 0 Å². The first-order valence-electron chi connectivity index (χ1n) is 9.04. The molecule has 0 heterocycles. The molecule has 0 aliphatic heterocycles. The molecule has 0 spiro atoms. The first-order chi connectivity index (χ1) is 14.4. The highest BCUT2D eigenvalue weighted by molar-refractivity contribution is 5.93. The summed E-state index contributed by atoms with van der Waals surface area (Å²) in [5.41, 5.74) is 1.71. The Balaban J connectivity index is 1.86. The average molecular weight is 416 g/mol. The van der Waals surface area contributed by atoms with Crippen LogP contribution in [0.5, 0.6) is 5.75 Å². The highest BCUT2D eigenvalue weighted by Crippen LogP contribution is 2.29. The first kappa shape index (κ1) is 22.5. The smallest absolute Gasteiger partial charge is 0.305 e. The summed E-state index contributed by atoms with van der Waals surface area (Å²) in [7, 11) is 0. The van der Waals surface area contributed by atoms with E-state index in [4.69, 9.17) is 9.84 Å². The largest absolute Gasteiger partial charge is 0.483 e. The van der Waals surface area contributed by atoms with Crippen LogP contribution in [0.25, 0.3) is 11.1 Å². The van der Waals surface area contributed by atoms with E-state index in [1.54, 1.807) is 12.1 Å². The molecule has 0 saturated heterocycles. The molecule has 0 aromatic heterocycles. The summed E-state index contributed by atoms with van der Waals surface area (Å²) in [6.07, 6.45) is -0.748. The Morgan fingerprint density at radius 1 is 0.967 bits per heavy atom. The van der Waals surface area contributed by atoms with Crippen molar-refractivity contribution >= 4 is 23.6 Å². The highest BCUT2D eigenvalue weighted by atomic mass is 19.1. The fraction of sp³-hybridized carbons (Fsp3) is 0.238. The van der Waals surface area contributed by atoms with E-state index in [2.05, 4.69) is 10.6 Å². The van der Waals surface area contributed by atoms with E-state index < -0.39 is 49.2 Å². The molecular weight excluding hydrogens is 395 g/mol. The lowest BCUT2D eigenvalue weighted by atomic mass is 10.1. The van der Waals surface area contributed by atoms with Crippen LogP contribution in [0.2, 0.25) is 0 Å². The second kappa shape index (κ2) is 11.3. The predicted molar refractivity (Wildman–Crippen MR) is 106 cm³/mol. The highest BCUT2D eigenvalue weighted by Gasteiger charge is 2.23. The van der Waals surface area contributed by atoms with E-state index in [0.717, 1.165) is 11.1 Å². The van der Waals surface area contributed by atoms with Crippen molar-refractivity contribution in [2.45, 2.75) is 12.5 Å². The Bertz CT molecular complexity index is 903. The number of nitrogens with one attached hydrogen (secondary N) is 2. The van der Waals surface area contributed by atoms with Gasteiger partial charge in [0, 0.05) is 5.56 Å². The van der Waals surface area contributed by atoms with Crippen LogP contribution >= 0.6 is 0 Å². The van der Waals surface area contributed by atoms with E-state index in [-0.39, 0.29) is 6.61 Å². The van der Waals surface area contributed by atoms with Gasteiger partial charge in [-0.15, -0.1) is 0 Å². The van der Waals surface area contributed by atoms with Crippen molar-refractivity contribution in [2.24, 2.45) is 0 Å².